The van der Waals surface area contributed by atoms with Crippen LogP contribution in [0.2, 0.25) is 0 Å². The fourth-order valence-corrected chi connectivity index (χ4v) is 4.35. The molecule has 1 atom stereocenters. The molecule has 0 radical (unpaired) electrons. The second kappa shape index (κ2) is 8.93. The van der Waals surface area contributed by atoms with E-state index in [0.29, 0.717) is 19.0 Å². The van der Waals surface area contributed by atoms with Crippen LogP contribution in [0.25, 0.3) is 0 Å². The highest BCUT2D eigenvalue weighted by atomic mass is 35.5. The lowest BCUT2D eigenvalue weighted by Gasteiger charge is -2.35. The molecule has 4 rings (SSSR count). The molecular formula is C19H27Cl2F2N3O. The summed E-state index contributed by atoms with van der Waals surface area (Å²) in [7, 11) is 0. The van der Waals surface area contributed by atoms with Crippen LogP contribution >= 0.6 is 24.8 Å². The number of likely N-dealkylation sites (tertiary alicyclic amines) is 1. The van der Waals surface area contributed by atoms with Crippen molar-refractivity contribution in [1.29, 1.82) is 0 Å². The quantitative estimate of drug-likeness (QED) is 0.813. The number of hydrogen-bond acceptors (Lipinski definition) is 3. The average molecular weight is 422 g/mol. The third-order valence-electron chi connectivity index (χ3n) is 5.80. The molecule has 152 valence electrons. The van der Waals surface area contributed by atoms with Crippen molar-refractivity contribution in [2.24, 2.45) is 5.92 Å². The van der Waals surface area contributed by atoms with Gasteiger partial charge in [-0.15, -0.1) is 24.8 Å². The summed E-state index contributed by atoms with van der Waals surface area (Å²) in [5.41, 5.74) is 2.77. The van der Waals surface area contributed by atoms with Gasteiger partial charge in [-0.3, -0.25) is 10.1 Å². The van der Waals surface area contributed by atoms with Gasteiger partial charge in [-0.05, 0) is 36.8 Å². The predicted molar refractivity (Wildman–Crippen MR) is 108 cm³/mol. The largest absolute Gasteiger partial charge is 0.371 e. The molecule has 3 aliphatic heterocycles. The Morgan fingerprint density at radius 3 is 2.52 bits per heavy atom. The first kappa shape index (κ1) is 22.2. The molecule has 0 aliphatic carbocycles. The lowest BCUT2D eigenvalue weighted by atomic mass is 9.95. The van der Waals surface area contributed by atoms with E-state index in [-0.39, 0.29) is 43.7 Å². The summed E-state index contributed by atoms with van der Waals surface area (Å²) in [6.45, 7) is 3.08. The predicted octanol–water partition coefficient (Wildman–Crippen LogP) is 3.13. The molecule has 8 heteroatoms. The Hall–Kier alpha value is -1.11. The highest BCUT2D eigenvalue weighted by Gasteiger charge is 2.43. The van der Waals surface area contributed by atoms with Gasteiger partial charge in [0.05, 0.1) is 12.6 Å². The van der Waals surface area contributed by atoms with Gasteiger partial charge in [0.15, 0.2) is 0 Å². The molecule has 1 amide bonds. The highest BCUT2D eigenvalue weighted by Crippen LogP contribution is 2.31. The van der Waals surface area contributed by atoms with Gasteiger partial charge in [-0.25, -0.2) is 8.78 Å². The van der Waals surface area contributed by atoms with E-state index in [2.05, 4.69) is 34.5 Å². The third kappa shape index (κ3) is 4.84. The minimum atomic E-state index is -2.75. The van der Waals surface area contributed by atoms with Crippen LogP contribution in [0.4, 0.5) is 14.5 Å². The van der Waals surface area contributed by atoms with Gasteiger partial charge in [0.2, 0.25) is 5.91 Å². The van der Waals surface area contributed by atoms with Crippen LogP contribution in [-0.2, 0) is 11.2 Å². The minimum absolute atomic E-state index is 0. The number of anilines is 1. The van der Waals surface area contributed by atoms with Crippen molar-refractivity contribution in [2.75, 3.05) is 37.6 Å². The fourth-order valence-electron chi connectivity index (χ4n) is 4.35. The number of fused-ring (bicyclic) bond motifs is 1. The fraction of sp³-hybridized carbons (Fsp3) is 0.632. The van der Waals surface area contributed by atoms with Gasteiger partial charge in [-0.1, -0.05) is 18.2 Å². The lowest BCUT2D eigenvalue weighted by molar-refractivity contribution is -0.135. The van der Waals surface area contributed by atoms with Gasteiger partial charge in [0.1, 0.15) is 0 Å². The zero-order valence-corrected chi connectivity index (χ0v) is 16.8. The molecule has 0 saturated carbocycles. The topological polar surface area (TPSA) is 35.6 Å². The number of benzene rings is 1. The number of nitrogens with one attached hydrogen (secondary N) is 1. The number of amides is 1. The zero-order valence-electron chi connectivity index (χ0n) is 15.2. The van der Waals surface area contributed by atoms with Gasteiger partial charge >= 0.3 is 0 Å². The van der Waals surface area contributed by atoms with Crippen molar-refractivity contribution in [3.05, 3.63) is 29.8 Å². The Kier molecular flexibility index (Phi) is 7.33. The zero-order chi connectivity index (χ0) is 17.4. The summed E-state index contributed by atoms with van der Waals surface area (Å²) in [6.07, 6.45) is 2.65. The molecule has 0 spiro atoms. The number of nitrogens with zero attached hydrogens (tertiary/aromatic N) is 2. The monoisotopic (exact) mass is 421 g/mol. The molecule has 1 N–H and O–H groups in total. The van der Waals surface area contributed by atoms with Crippen LogP contribution < -0.4 is 10.2 Å². The molecule has 2 saturated heterocycles. The molecule has 1 aromatic rings. The normalized spacial score (nSPS) is 24.1. The first-order valence-electron chi connectivity index (χ1n) is 9.25. The number of alkyl halides is 2. The molecule has 3 aliphatic rings. The van der Waals surface area contributed by atoms with Crippen molar-refractivity contribution in [2.45, 2.75) is 37.6 Å². The van der Waals surface area contributed by atoms with Gasteiger partial charge in [0.25, 0.3) is 5.92 Å². The molecule has 0 aromatic heterocycles. The van der Waals surface area contributed by atoms with Crippen molar-refractivity contribution in [3.8, 4) is 0 Å². The van der Waals surface area contributed by atoms with Crippen molar-refractivity contribution in [1.82, 2.24) is 10.2 Å². The van der Waals surface area contributed by atoms with E-state index >= 15 is 0 Å². The number of carbonyl (C=O) groups excluding carboxylic acids is 1. The van der Waals surface area contributed by atoms with E-state index in [1.54, 1.807) is 4.90 Å². The van der Waals surface area contributed by atoms with Crippen molar-refractivity contribution < 1.29 is 13.6 Å². The summed E-state index contributed by atoms with van der Waals surface area (Å²) in [4.78, 5) is 16.6. The van der Waals surface area contributed by atoms with Gasteiger partial charge in [-0.2, -0.15) is 0 Å². The summed E-state index contributed by atoms with van der Waals surface area (Å²) >= 11 is 0. The first-order chi connectivity index (χ1) is 12.0. The van der Waals surface area contributed by atoms with Crippen molar-refractivity contribution in [3.63, 3.8) is 0 Å². The standard InChI is InChI=1S/C19H25F2N3O.2ClH/c20-19(21)11-16(22-13-19)18(25)23-8-5-14(6-9-23)12-24-10-7-15-3-1-2-4-17(15)24;;/h1-4,14,16,22H,5-13H2;2*1H. The minimum Gasteiger partial charge on any atom is -0.371 e. The SMILES string of the molecule is Cl.Cl.O=C(C1CC(F)(F)CN1)N1CCC(CN2CCc3ccccc32)CC1. The number of para-hydroxylation sites is 1. The van der Waals surface area contributed by atoms with E-state index < -0.39 is 12.0 Å². The van der Waals surface area contributed by atoms with E-state index in [0.717, 1.165) is 32.4 Å². The lowest BCUT2D eigenvalue weighted by Crippen LogP contribution is -2.48. The summed E-state index contributed by atoms with van der Waals surface area (Å²) in [5, 5.41) is 2.68. The summed E-state index contributed by atoms with van der Waals surface area (Å²) in [6, 6.07) is 7.85. The highest BCUT2D eigenvalue weighted by molar-refractivity contribution is 5.85. The molecular weight excluding hydrogens is 395 g/mol. The second-order valence-corrected chi connectivity index (χ2v) is 7.59. The summed E-state index contributed by atoms with van der Waals surface area (Å²) < 4.78 is 26.6. The summed E-state index contributed by atoms with van der Waals surface area (Å²) in [5.74, 6) is -2.34. The Labute approximate surface area is 171 Å². The number of halogens is 4. The number of hydrogen-bond donors (Lipinski definition) is 1. The Morgan fingerprint density at radius 2 is 1.85 bits per heavy atom. The van der Waals surface area contributed by atoms with Crippen LogP contribution in [0.5, 0.6) is 0 Å². The second-order valence-electron chi connectivity index (χ2n) is 7.59. The number of rotatable bonds is 3. The van der Waals surface area contributed by atoms with Crippen molar-refractivity contribution >= 4 is 36.4 Å². The Bertz CT molecular complexity index is 654. The smallest absolute Gasteiger partial charge is 0.262 e. The van der Waals surface area contributed by atoms with Crippen LogP contribution in [0, 0.1) is 5.92 Å². The maximum absolute atomic E-state index is 13.3. The molecule has 3 heterocycles. The Morgan fingerprint density at radius 1 is 1.15 bits per heavy atom. The van der Waals surface area contributed by atoms with E-state index in [4.69, 9.17) is 0 Å². The maximum atomic E-state index is 13.3. The third-order valence-corrected chi connectivity index (χ3v) is 5.80. The molecule has 4 nitrogen and oxygen atoms in total. The average Bonchev–Trinajstić information content (AvgIpc) is 3.18. The number of piperidine rings is 1. The molecule has 1 unspecified atom stereocenters. The van der Waals surface area contributed by atoms with E-state index in [9.17, 15) is 13.6 Å². The van der Waals surface area contributed by atoms with Gasteiger partial charge < -0.3 is 9.80 Å². The first-order valence-corrected chi connectivity index (χ1v) is 9.25. The van der Waals surface area contributed by atoms with Crippen LogP contribution in [0.15, 0.2) is 24.3 Å². The Balaban J connectivity index is 0.00000131. The van der Waals surface area contributed by atoms with E-state index in [1.807, 2.05) is 0 Å². The maximum Gasteiger partial charge on any atom is 0.262 e. The van der Waals surface area contributed by atoms with Crippen LogP contribution in [0.1, 0.15) is 24.8 Å². The van der Waals surface area contributed by atoms with Crippen LogP contribution in [0.3, 0.4) is 0 Å². The molecule has 1 aromatic carbocycles. The van der Waals surface area contributed by atoms with Crippen LogP contribution in [-0.4, -0.2) is 55.5 Å². The number of carbonyl (C=O) groups is 1. The molecule has 0 bridgehead atoms. The van der Waals surface area contributed by atoms with E-state index in [1.165, 1.54) is 11.3 Å². The van der Waals surface area contributed by atoms with Gasteiger partial charge in [0, 0.05) is 38.3 Å². The molecule has 27 heavy (non-hydrogen) atoms. The molecule has 2 fully saturated rings.